The summed E-state index contributed by atoms with van der Waals surface area (Å²) in [4.78, 5) is 4.65. The van der Waals surface area contributed by atoms with E-state index >= 15 is 0 Å². The Hall–Kier alpha value is -1.87. The summed E-state index contributed by atoms with van der Waals surface area (Å²) >= 11 is 0. The van der Waals surface area contributed by atoms with Crippen LogP contribution in [0.1, 0.15) is 122 Å². The molecule has 3 nitrogen and oxygen atoms in total. The van der Waals surface area contributed by atoms with E-state index in [1.54, 1.807) is 0 Å². The lowest BCUT2D eigenvalue weighted by Crippen LogP contribution is -2.07. The molecule has 0 aliphatic heterocycles. The van der Waals surface area contributed by atoms with Gasteiger partial charge in [0, 0.05) is 11.8 Å². The topological polar surface area (TPSA) is 42.4 Å². The van der Waals surface area contributed by atoms with Crippen molar-refractivity contribution in [1.29, 1.82) is 0 Å². The minimum Gasteiger partial charge on any atom is -0.494 e. The van der Waals surface area contributed by atoms with Gasteiger partial charge in [-0.1, -0.05) is 103 Å². The summed E-state index contributed by atoms with van der Waals surface area (Å²) in [6, 6.07) is 12.5. The highest BCUT2D eigenvalue weighted by Crippen LogP contribution is 2.22. The molecule has 196 valence electrons. The van der Waals surface area contributed by atoms with Crippen LogP contribution in [-0.4, -0.2) is 22.8 Å². The highest BCUT2D eigenvalue weighted by Gasteiger charge is 2.06. The molecule has 1 aromatic carbocycles. The van der Waals surface area contributed by atoms with E-state index in [2.05, 4.69) is 55.2 Å². The number of rotatable bonds is 21. The van der Waals surface area contributed by atoms with Crippen molar-refractivity contribution in [3.63, 3.8) is 0 Å². The van der Waals surface area contributed by atoms with Crippen LogP contribution in [0.15, 0.2) is 42.6 Å². The van der Waals surface area contributed by atoms with Gasteiger partial charge in [0.05, 0.1) is 18.4 Å². The van der Waals surface area contributed by atoms with Gasteiger partial charge < -0.3 is 9.84 Å². The normalized spacial score (nSPS) is 12.1. The first kappa shape index (κ1) is 29.4. The monoisotopic (exact) mass is 481 g/mol. The Morgan fingerprint density at radius 3 is 1.89 bits per heavy atom. The van der Waals surface area contributed by atoms with Crippen LogP contribution in [-0.2, 0) is 6.42 Å². The molecule has 1 atom stereocenters. The second-order valence-electron chi connectivity index (χ2n) is 10.1. The van der Waals surface area contributed by atoms with Crippen LogP contribution >= 0.6 is 0 Å². The SMILES string of the molecule is CCCCCCCCCCCCOc1ccc(-c2ccc(CCC(O)CCCCCC)cn2)cc1. The van der Waals surface area contributed by atoms with Crippen LogP contribution in [0.3, 0.4) is 0 Å². The molecule has 0 spiro atoms. The van der Waals surface area contributed by atoms with Gasteiger partial charge in [-0.2, -0.15) is 0 Å². The summed E-state index contributed by atoms with van der Waals surface area (Å²) in [7, 11) is 0. The number of unbranched alkanes of at least 4 members (excludes halogenated alkanes) is 12. The molecule has 2 rings (SSSR count). The molecule has 0 bridgehead atoms. The van der Waals surface area contributed by atoms with Gasteiger partial charge in [0.1, 0.15) is 5.75 Å². The third kappa shape index (κ3) is 13.7. The fourth-order valence-electron chi connectivity index (χ4n) is 4.53. The zero-order chi connectivity index (χ0) is 25.0. The van der Waals surface area contributed by atoms with Gasteiger partial charge in [-0.05, 0) is 61.6 Å². The molecule has 1 aromatic heterocycles. The van der Waals surface area contributed by atoms with E-state index in [9.17, 15) is 5.11 Å². The van der Waals surface area contributed by atoms with Gasteiger partial charge in [-0.15, -0.1) is 0 Å². The van der Waals surface area contributed by atoms with E-state index in [4.69, 9.17) is 4.74 Å². The molecule has 0 amide bonds. The summed E-state index contributed by atoms with van der Waals surface area (Å²) in [5, 5.41) is 10.2. The van der Waals surface area contributed by atoms with Gasteiger partial charge in [0.25, 0.3) is 0 Å². The zero-order valence-electron chi connectivity index (χ0n) is 22.6. The average molecular weight is 482 g/mol. The lowest BCUT2D eigenvalue weighted by Gasteiger charge is -2.10. The van der Waals surface area contributed by atoms with Crippen molar-refractivity contribution >= 4 is 0 Å². The molecule has 0 radical (unpaired) electrons. The van der Waals surface area contributed by atoms with Crippen LogP contribution in [0.2, 0.25) is 0 Å². The zero-order valence-corrected chi connectivity index (χ0v) is 22.6. The Morgan fingerprint density at radius 2 is 1.29 bits per heavy atom. The third-order valence-corrected chi connectivity index (χ3v) is 6.90. The van der Waals surface area contributed by atoms with E-state index in [0.717, 1.165) is 55.7 Å². The number of aromatic nitrogens is 1. The van der Waals surface area contributed by atoms with E-state index in [1.807, 2.05) is 6.20 Å². The fourth-order valence-corrected chi connectivity index (χ4v) is 4.53. The number of nitrogens with zero attached hydrogens (tertiary/aromatic N) is 1. The van der Waals surface area contributed by atoms with E-state index < -0.39 is 0 Å². The van der Waals surface area contributed by atoms with Gasteiger partial charge in [-0.3, -0.25) is 4.98 Å². The highest BCUT2D eigenvalue weighted by molar-refractivity contribution is 5.60. The number of aliphatic hydroxyl groups is 1. The summed E-state index contributed by atoms with van der Waals surface area (Å²) < 4.78 is 5.94. The summed E-state index contributed by atoms with van der Waals surface area (Å²) in [5.41, 5.74) is 3.28. The van der Waals surface area contributed by atoms with Crippen molar-refractivity contribution < 1.29 is 9.84 Å². The Balaban J connectivity index is 1.59. The Morgan fingerprint density at radius 1 is 0.686 bits per heavy atom. The van der Waals surface area contributed by atoms with Gasteiger partial charge in [0.15, 0.2) is 0 Å². The van der Waals surface area contributed by atoms with Gasteiger partial charge in [0.2, 0.25) is 0 Å². The Kier molecular flexibility index (Phi) is 16.2. The predicted octanol–water partition coefficient (Wildman–Crippen LogP) is 9.31. The fraction of sp³-hybridized carbons (Fsp3) is 0.656. The Bertz CT molecular complexity index is 741. The summed E-state index contributed by atoms with van der Waals surface area (Å²) in [6.45, 7) is 5.29. The molecule has 1 N–H and O–H groups in total. The molecule has 0 fully saturated rings. The van der Waals surface area contributed by atoms with Crippen LogP contribution in [0.25, 0.3) is 11.3 Å². The number of benzene rings is 1. The maximum absolute atomic E-state index is 10.2. The van der Waals surface area contributed by atoms with Crippen LogP contribution < -0.4 is 4.74 Å². The molecule has 0 saturated carbocycles. The Labute approximate surface area is 215 Å². The number of ether oxygens (including phenoxy) is 1. The molecule has 2 aromatic rings. The number of hydrogen-bond acceptors (Lipinski definition) is 3. The van der Waals surface area contributed by atoms with Crippen molar-refractivity contribution in [1.82, 2.24) is 4.98 Å². The molecular formula is C32H51NO2. The first-order valence-electron chi connectivity index (χ1n) is 14.6. The third-order valence-electron chi connectivity index (χ3n) is 6.90. The van der Waals surface area contributed by atoms with Crippen LogP contribution in [0, 0.1) is 0 Å². The molecule has 1 heterocycles. The molecule has 35 heavy (non-hydrogen) atoms. The molecule has 0 aliphatic carbocycles. The van der Waals surface area contributed by atoms with Crippen molar-refractivity contribution in [2.45, 2.75) is 129 Å². The quantitative estimate of drug-likeness (QED) is 0.181. The van der Waals surface area contributed by atoms with Crippen molar-refractivity contribution in [2.75, 3.05) is 6.61 Å². The lowest BCUT2D eigenvalue weighted by atomic mass is 10.0. The van der Waals surface area contributed by atoms with E-state index in [-0.39, 0.29) is 6.10 Å². The first-order valence-corrected chi connectivity index (χ1v) is 14.6. The van der Waals surface area contributed by atoms with E-state index in [0.29, 0.717) is 0 Å². The van der Waals surface area contributed by atoms with Crippen LogP contribution in [0.4, 0.5) is 0 Å². The largest absolute Gasteiger partial charge is 0.494 e. The number of aryl methyl sites for hydroxylation is 1. The molecule has 3 heteroatoms. The number of hydrogen-bond donors (Lipinski definition) is 1. The van der Waals surface area contributed by atoms with E-state index in [1.165, 1.54) is 82.6 Å². The maximum atomic E-state index is 10.2. The average Bonchev–Trinajstić information content (AvgIpc) is 2.89. The minimum absolute atomic E-state index is 0.195. The van der Waals surface area contributed by atoms with Crippen molar-refractivity contribution in [3.05, 3.63) is 48.2 Å². The van der Waals surface area contributed by atoms with Crippen molar-refractivity contribution in [3.8, 4) is 17.0 Å². The summed E-state index contributed by atoms with van der Waals surface area (Å²) in [5.74, 6) is 0.939. The van der Waals surface area contributed by atoms with Gasteiger partial charge in [-0.25, -0.2) is 0 Å². The molecular weight excluding hydrogens is 430 g/mol. The smallest absolute Gasteiger partial charge is 0.119 e. The van der Waals surface area contributed by atoms with Crippen LogP contribution in [0.5, 0.6) is 5.75 Å². The maximum Gasteiger partial charge on any atom is 0.119 e. The first-order chi connectivity index (χ1) is 17.2. The minimum atomic E-state index is -0.195. The van der Waals surface area contributed by atoms with Crippen molar-refractivity contribution in [2.24, 2.45) is 0 Å². The lowest BCUT2D eigenvalue weighted by molar-refractivity contribution is 0.151. The summed E-state index contributed by atoms with van der Waals surface area (Å²) in [6.07, 6.45) is 22.7. The number of aliphatic hydroxyl groups excluding tert-OH is 1. The molecule has 1 unspecified atom stereocenters. The standard InChI is InChI=1S/C32H51NO2/c1-3-5-7-9-10-11-12-13-14-16-26-35-31-23-20-29(21-24-31)32-25-19-28(27-33-32)18-22-30(34)17-15-8-6-4-2/h19-21,23-25,27,30,34H,3-18,22,26H2,1-2H3. The second-order valence-corrected chi connectivity index (χ2v) is 10.1. The number of pyridine rings is 1. The second kappa shape index (κ2) is 19.3. The van der Waals surface area contributed by atoms with Gasteiger partial charge >= 0.3 is 0 Å². The molecule has 0 saturated heterocycles. The predicted molar refractivity (Wildman–Crippen MR) is 150 cm³/mol. The molecule has 0 aliphatic rings. The highest BCUT2D eigenvalue weighted by atomic mass is 16.5.